The first-order chi connectivity index (χ1) is 9.69. The number of rotatable bonds is 5. The van der Waals surface area contributed by atoms with E-state index in [-0.39, 0.29) is 12.5 Å². The lowest BCUT2D eigenvalue weighted by molar-refractivity contribution is -0.120. The van der Waals surface area contributed by atoms with Gasteiger partial charge in [0.25, 0.3) is 0 Å². The minimum absolute atomic E-state index is 0.251. The van der Waals surface area contributed by atoms with E-state index < -0.39 is 6.03 Å². The molecule has 2 aliphatic rings. The highest BCUT2D eigenvalue weighted by molar-refractivity contribution is 5.95. The molecule has 7 nitrogen and oxygen atoms in total. The summed E-state index contributed by atoms with van der Waals surface area (Å²) in [6, 6.07) is 0.0499. The van der Waals surface area contributed by atoms with Crippen molar-refractivity contribution < 1.29 is 14.3 Å². The Kier molecular flexibility index (Phi) is 5.75. The molecule has 0 aromatic rings. The molecule has 0 saturated carbocycles. The summed E-state index contributed by atoms with van der Waals surface area (Å²) in [5.41, 5.74) is 0. The summed E-state index contributed by atoms with van der Waals surface area (Å²) < 4.78 is 4.82. The molecule has 7 heteroatoms. The van der Waals surface area contributed by atoms with Gasteiger partial charge in [0.05, 0.1) is 13.2 Å². The highest BCUT2D eigenvalue weighted by Crippen LogP contribution is 2.24. The summed E-state index contributed by atoms with van der Waals surface area (Å²) in [7, 11) is 1.56. The van der Waals surface area contributed by atoms with Crippen LogP contribution in [0.15, 0.2) is 0 Å². The second-order valence-corrected chi connectivity index (χ2v) is 5.45. The summed E-state index contributed by atoms with van der Waals surface area (Å²) in [4.78, 5) is 25.3. The zero-order valence-corrected chi connectivity index (χ0v) is 12.0. The number of nitrogens with one attached hydrogen (secondary N) is 3. The van der Waals surface area contributed by atoms with Gasteiger partial charge in [0, 0.05) is 32.8 Å². The van der Waals surface area contributed by atoms with Crippen LogP contribution in [-0.4, -0.2) is 69.3 Å². The van der Waals surface area contributed by atoms with Crippen LogP contribution in [0.4, 0.5) is 4.79 Å². The maximum atomic E-state index is 11.8. The second kappa shape index (κ2) is 7.56. The number of piperidine rings is 1. The fourth-order valence-corrected chi connectivity index (χ4v) is 2.95. The van der Waals surface area contributed by atoms with Crippen LogP contribution in [0.5, 0.6) is 0 Å². The van der Waals surface area contributed by atoms with E-state index in [1.807, 2.05) is 0 Å². The van der Waals surface area contributed by atoms with Gasteiger partial charge in [0.2, 0.25) is 5.91 Å². The lowest BCUT2D eigenvalue weighted by atomic mass is 9.94. The molecule has 0 spiro atoms. The largest absolute Gasteiger partial charge is 0.383 e. The Morgan fingerprint density at radius 2 is 2.25 bits per heavy atom. The van der Waals surface area contributed by atoms with E-state index in [1.165, 1.54) is 12.8 Å². The predicted octanol–water partition coefficient (Wildman–Crippen LogP) is -0.858. The summed E-state index contributed by atoms with van der Waals surface area (Å²) in [5, 5.41) is 8.40. The van der Waals surface area contributed by atoms with Crippen LogP contribution in [-0.2, 0) is 9.53 Å². The Hall–Kier alpha value is -1.18. The third-order valence-electron chi connectivity index (χ3n) is 3.89. The molecule has 3 amide bonds. The lowest BCUT2D eigenvalue weighted by Crippen LogP contribution is -2.45. The third kappa shape index (κ3) is 4.43. The van der Waals surface area contributed by atoms with E-state index in [0.29, 0.717) is 25.1 Å². The lowest BCUT2D eigenvalue weighted by Gasteiger charge is -2.24. The number of nitrogens with zero attached hydrogens (tertiary/aromatic N) is 1. The molecule has 2 fully saturated rings. The molecule has 2 heterocycles. The number of methoxy groups -OCH3 is 1. The van der Waals surface area contributed by atoms with Gasteiger partial charge in [-0.3, -0.25) is 15.0 Å². The number of urea groups is 1. The molecule has 20 heavy (non-hydrogen) atoms. The number of carbonyl (C=O) groups is 2. The molecule has 0 aromatic heterocycles. The first-order valence-electron chi connectivity index (χ1n) is 7.21. The van der Waals surface area contributed by atoms with E-state index >= 15 is 0 Å². The van der Waals surface area contributed by atoms with Crippen LogP contribution in [0, 0.1) is 5.92 Å². The molecule has 2 aliphatic heterocycles. The molecule has 2 rings (SSSR count). The van der Waals surface area contributed by atoms with Crippen molar-refractivity contribution in [2.75, 3.05) is 46.4 Å². The molecule has 114 valence electrons. The van der Waals surface area contributed by atoms with Gasteiger partial charge < -0.3 is 15.4 Å². The van der Waals surface area contributed by atoms with Crippen molar-refractivity contribution in [3.63, 3.8) is 0 Å². The first kappa shape index (κ1) is 15.2. The van der Waals surface area contributed by atoms with Gasteiger partial charge in [-0.15, -0.1) is 0 Å². The van der Waals surface area contributed by atoms with Crippen LogP contribution in [0.1, 0.15) is 12.8 Å². The van der Waals surface area contributed by atoms with Crippen LogP contribution < -0.4 is 16.0 Å². The summed E-state index contributed by atoms with van der Waals surface area (Å²) in [6.45, 7) is 4.02. The monoisotopic (exact) mass is 284 g/mol. The number of imide groups is 1. The zero-order valence-electron chi connectivity index (χ0n) is 12.0. The number of likely N-dealkylation sites (tertiary alicyclic amines) is 1. The molecule has 0 aliphatic carbocycles. The van der Waals surface area contributed by atoms with E-state index in [1.54, 1.807) is 7.11 Å². The molecular weight excluding hydrogens is 260 g/mol. The van der Waals surface area contributed by atoms with Crippen molar-refractivity contribution in [3.8, 4) is 0 Å². The maximum absolute atomic E-state index is 11.8. The smallest absolute Gasteiger partial charge is 0.321 e. The highest BCUT2D eigenvalue weighted by Gasteiger charge is 2.34. The Labute approximate surface area is 119 Å². The van der Waals surface area contributed by atoms with Gasteiger partial charge in [0.15, 0.2) is 0 Å². The number of carbonyl (C=O) groups excluding carboxylic acids is 2. The van der Waals surface area contributed by atoms with Gasteiger partial charge in [-0.25, -0.2) is 4.79 Å². The Morgan fingerprint density at radius 1 is 1.40 bits per heavy atom. The average molecular weight is 284 g/mol. The van der Waals surface area contributed by atoms with Crippen molar-refractivity contribution in [2.24, 2.45) is 5.92 Å². The molecular formula is C13H24N4O3. The van der Waals surface area contributed by atoms with Gasteiger partial charge in [-0.2, -0.15) is 0 Å². The third-order valence-corrected chi connectivity index (χ3v) is 3.89. The Morgan fingerprint density at radius 3 is 3.00 bits per heavy atom. The van der Waals surface area contributed by atoms with Gasteiger partial charge in [0.1, 0.15) is 0 Å². The number of ether oxygens (including phenoxy) is 1. The maximum Gasteiger partial charge on any atom is 0.321 e. The van der Waals surface area contributed by atoms with Crippen molar-refractivity contribution in [2.45, 2.75) is 18.9 Å². The molecule has 3 N–H and O–H groups in total. The minimum atomic E-state index is -0.457. The van der Waals surface area contributed by atoms with Gasteiger partial charge in [-0.05, 0) is 25.3 Å². The molecule has 0 aromatic carbocycles. The highest BCUT2D eigenvalue weighted by atomic mass is 16.5. The van der Waals surface area contributed by atoms with Crippen LogP contribution >= 0.6 is 0 Å². The number of amides is 3. The quantitative estimate of drug-likeness (QED) is 0.572. The number of hydrogen-bond donors (Lipinski definition) is 3. The van der Waals surface area contributed by atoms with Crippen molar-refractivity contribution in [1.82, 2.24) is 20.9 Å². The molecule has 2 atom stereocenters. The minimum Gasteiger partial charge on any atom is -0.383 e. The average Bonchev–Trinajstić information content (AvgIpc) is 2.80. The standard InChI is InChI=1S/C13H24N4O3/c1-20-6-5-15-13(19)16-12(18)9-17-7-10-3-2-4-14-11(10)8-17/h10-11,14H,2-9H2,1H3,(H2,15,16,18,19)/t10-,11+/m0/s1. The van der Waals surface area contributed by atoms with E-state index in [2.05, 4.69) is 20.9 Å². The predicted molar refractivity (Wildman–Crippen MR) is 74.4 cm³/mol. The SMILES string of the molecule is COCCNC(=O)NC(=O)CN1C[C@@H]2CCCN[C@@H]2C1. The van der Waals surface area contributed by atoms with Gasteiger partial charge >= 0.3 is 6.03 Å². The summed E-state index contributed by atoms with van der Waals surface area (Å²) in [5.74, 6) is 0.394. The van der Waals surface area contributed by atoms with Crippen molar-refractivity contribution >= 4 is 11.9 Å². The molecule has 0 bridgehead atoms. The van der Waals surface area contributed by atoms with Crippen molar-refractivity contribution in [1.29, 1.82) is 0 Å². The number of fused-ring (bicyclic) bond motifs is 1. The fraction of sp³-hybridized carbons (Fsp3) is 0.846. The summed E-state index contributed by atoms with van der Waals surface area (Å²) in [6.07, 6.45) is 2.44. The van der Waals surface area contributed by atoms with E-state index in [4.69, 9.17) is 4.74 Å². The van der Waals surface area contributed by atoms with Gasteiger partial charge in [-0.1, -0.05) is 0 Å². The molecule has 0 unspecified atom stereocenters. The topological polar surface area (TPSA) is 82.7 Å². The zero-order chi connectivity index (χ0) is 14.4. The Bertz CT molecular complexity index is 337. The molecule has 2 saturated heterocycles. The van der Waals surface area contributed by atoms with E-state index in [0.717, 1.165) is 19.6 Å². The molecule has 0 radical (unpaired) electrons. The van der Waals surface area contributed by atoms with E-state index in [9.17, 15) is 9.59 Å². The number of hydrogen-bond acceptors (Lipinski definition) is 5. The Balaban J connectivity index is 1.66. The van der Waals surface area contributed by atoms with Crippen LogP contribution in [0.25, 0.3) is 0 Å². The van der Waals surface area contributed by atoms with Crippen LogP contribution in [0.3, 0.4) is 0 Å². The first-order valence-corrected chi connectivity index (χ1v) is 7.21. The fourth-order valence-electron chi connectivity index (χ4n) is 2.95. The van der Waals surface area contributed by atoms with Crippen molar-refractivity contribution in [3.05, 3.63) is 0 Å². The normalized spacial score (nSPS) is 26.1. The summed E-state index contributed by atoms with van der Waals surface area (Å²) >= 11 is 0. The second-order valence-electron chi connectivity index (χ2n) is 5.45. The van der Waals surface area contributed by atoms with Crippen LogP contribution in [0.2, 0.25) is 0 Å².